The second-order valence-electron chi connectivity index (χ2n) is 6.49. The smallest absolute Gasteiger partial charge is 0.429 e. The highest BCUT2D eigenvalue weighted by molar-refractivity contribution is 5.69. The molecule has 0 radical (unpaired) electrons. The third kappa shape index (κ3) is 3.27. The zero-order chi connectivity index (χ0) is 15.2. The zero-order valence-electron chi connectivity index (χ0n) is 12.1. The molecule has 0 bridgehead atoms. The third-order valence-electron chi connectivity index (χ3n) is 3.22. The number of rotatable bonds is 3. The number of carbonyl (C=O) groups excluding carboxylic acids is 1. The van der Waals surface area contributed by atoms with Crippen LogP contribution in [0.4, 0.5) is 13.6 Å². The van der Waals surface area contributed by atoms with Crippen LogP contribution < -0.4 is 5.43 Å². The number of halogens is 2. The summed E-state index contributed by atoms with van der Waals surface area (Å²) >= 11 is 0. The molecule has 1 aliphatic heterocycles. The highest BCUT2D eigenvalue weighted by Crippen LogP contribution is 2.60. The van der Waals surface area contributed by atoms with E-state index in [0.29, 0.717) is 0 Å². The average Bonchev–Trinajstić information content (AvgIpc) is 2.64. The van der Waals surface area contributed by atoms with Crippen molar-refractivity contribution >= 4 is 6.09 Å². The van der Waals surface area contributed by atoms with Crippen LogP contribution in [0.1, 0.15) is 34.1 Å². The van der Waals surface area contributed by atoms with Crippen molar-refractivity contribution in [2.75, 3.05) is 6.61 Å². The number of hydrazine groups is 1. The van der Waals surface area contributed by atoms with E-state index in [0.717, 1.165) is 5.01 Å². The van der Waals surface area contributed by atoms with Crippen LogP contribution in [-0.2, 0) is 9.47 Å². The number of alkyl halides is 2. The molecule has 2 rings (SSSR count). The molecule has 7 heteroatoms. The van der Waals surface area contributed by atoms with Crippen LogP contribution in [-0.4, -0.2) is 35.5 Å². The SMILES string of the molecule is CC(C)(C)OC(=O)N1C=CC(OCC2(C)CC2(F)F)N1. The first-order valence-corrected chi connectivity index (χ1v) is 6.49. The van der Waals surface area contributed by atoms with Gasteiger partial charge in [0, 0.05) is 12.6 Å². The van der Waals surface area contributed by atoms with Gasteiger partial charge >= 0.3 is 6.09 Å². The number of hydrogen-bond donors (Lipinski definition) is 1. The summed E-state index contributed by atoms with van der Waals surface area (Å²) in [6.45, 7) is 6.69. The highest BCUT2D eigenvalue weighted by atomic mass is 19.3. The summed E-state index contributed by atoms with van der Waals surface area (Å²) in [4.78, 5) is 11.7. The minimum absolute atomic E-state index is 0.0653. The lowest BCUT2D eigenvalue weighted by Gasteiger charge is -2.24. The Morgan fingerprint density at radius 2 is 2.10 bits per heavy atom. The minimum atomic E-state index is -2.65. The van der Waals surface area contributed by atoms with E-state index < -0.39 is 29.3 Å². The largest absolute Gasteiger partial charge is 0.442 e. The van der Waals surface area contributed by atoms with Gasteiger partial charge in [-0.25, -0.2) is 18.6 Å². The molecule has 0 spiro atoms. The van der Waals surface area contributed by atoms with Gasteiger partial charge in [0.25, 0.3) is 5.92 Å². The number of amides is 1. The van der Waals surface area contributed by atoms with Gasteiger partial charge in [-0.3, -0.25) is 0 Å². The maximum absolute atomic E-state index is 13.0. The van der Waals surface area contributed by atoms with Crippen molar-refractivity contribution in [3.05, 3.63) is 12.3 Å². The zero-order valence-corrected chi connectivity index (χ0v) is 12.1. The van der Waals surface area contributed by atoms with Crippen molar-refractivity contribution in [1.29, 1.82) is 0 Å². The summed E-state index contributed by atoms with van der Waals surface area (Å²) in [5.74, 6) is -2.65. The van der Waals surface area contributed by atoms with Gasteiger partial charge in [0.1, 0.15) is 11.8 Å². The van der Waals surface area contributed by atoms with Crippen LogP contribution in [0.2, 0.25) is 0 Å². The predicted octanol–water partition coefficient (Wildman–Crippen LogP) is 2.64. The van der Waals surface area contributed by atoms with Crippen LogP contribution in [0.25, 0.3) is 0 Å². The van der Waals surface area contributed by atoms with Gasteiger partial charge in [-0.2, -0.15) is 5.43 Å². The van der Waals surface area contributed by atoms with E-state index in [-0.39, 0.29) is 13.0 Å². The van der Waals surface area contributed by atoms with E-state index in [1.807, 2.05) is 0 Å². The molecule has 2 unspecified atom stereocenters. The lowest BCUT2D eigenvalue weighted by molar-refractivity contribution is -0.0300. The van der Waals surface area contributed by atoms with E-state index in [2.05, 4.69) is 5.43 Å². The molecule has 2 atom stereocenters. The van der Waals surface area contributed by atoms with Crippen molar-refractivity contribution < 1.29 is 23.0 Å². The molecule has 2 aliphatic rings. The van der Waals surface area contributed by atoms with E-state index in [1.165, 1.54) is 13.1 Å². The summed E-state index contributed by atoms with van der Waals surface area (Å²) in [5, 5.41) is 1.14. The predicted molar refractivity (Wildman–Crippen MR) is 67.8 cm³/mol. The van der Waals surface area contributed by atoms with Crippen LogP contribution in [0, 0.1) is 5.41 Å². The molecule has 1 fully saturated rings. The Hall–Kier alpha value is -1.21. The van der Waals surface area contributed by atoms with Gasteiger partial charge in [-0.05, 0) is 26.8 Å². The summed E-state index contributed by atoms with van der Waals surface area (Å²) < 4.78 is 36.6. The molecule has 1 heterocycles. The Morgan fingerprint density at radius 3 is 2.60 bits per heavy atom. The quantitative estimate of drug-likeness (QED) is 0.868. The minimum Gasteiger partial charge on any atom is -0.442 e. The fourth-order valence-electron chi connectivity index (χ4n) is 1.78. The lowest BCUT2D eigenvalue weighted by Crippen LogP contribution is -2.43. The summed E-state index contributed by atoms with van der Waals surface area (Å²) in [5.41, 5.74) is 1.02. The Balaban J connectivity index is 1.77. The second kappa shape index (κ2) is 4.66. The van der Waals surface area contributed by atoms with Gasteiger partial charge in [0.05, 0.1) is 12.0 Å². The fourth-order valence-corrected chi connectivity index (χ4v) is 1.78. The maximum atomic E-state index is 13.0. The van der Waals surface area contributed by atoms with Crippen LogP contribution in [0.3, 0.4) is 0 Å². The van der Waals surface area contributed by atoms with Gasteiger partial charge in [0.15, 0.2) is 0 Å². The second-order valence-corrected chi connectivity index (χ2v) is 6.49. The standard InChI is InChI=1S/C13H20F2N2O3/c1-11(2,3)20-10(18)17-6-5-9(16-17)19-8-12(4)7-13(12,14)15/h5-6,9,16H,7-8H2,1-4H3. The van der Waals surface area contributed by atoms with Crippen molar-refractivity contribution in [3.63, 3.8) is 0 Å². The molecular formula is C13H20F2N2O3. The van der Waals surface area contributed by atoms with Crippen LogP contribution in [0.15, 0.2) is 12.3 Å². The Bertz CT molecular complexity index is 434. The molecule has 0 aromatic rings. The molecule has 114 valence electrons. The number of ether oxygens (including phenoxy) is 2. The molecular weight excluding hydrogens is 270 g/mol. The van der Waals surface area contributed by atoms with Crippen LogP contribution in [0.5, 0.6) is 0 Å². The fraction of sp³-hybridized carbons (Fsp3) is 0.769. The van der Waals surface area contributed by atoms with Gasteiger partial charge in [-0.15, -0.1) is 0 Å². The Kier molecular flexibility index (Phi) is 3.54. The molecule has 1 saturated carbocycles. The Morgan fingerprint density at radius 1 is 1.50 bits per heavy atom. The first-order chi connectivity index (χ1) is 9.02. The average molecular weight is 290 g/mol. The third-order valence-corrected chi connectivity index (χ3v) is 3.22. The molecule has 5 nitrogen and oxygen atoms in total. The van der Waals surface area contributed by atoms with Crippen molar-refractivity contribution in [3.8, 4) is 0 Å². The van der Waals surface area contributed by atoms with Gasteiger partial charge in [-0.1, -0.05) is 6.92 Å². The summed E-state index contributed by atoms with van der Waals surface area (Å²) in [6.07, 6.45) is 1.71. The van der Waals surface area contributed by atoms with Crippen molar-refractivity contribution in [1.82, 2.24) is 10.4 Å². The van der Waals surface area contributed by atoms with Gasteiger partial charge < -0.3 is 9.47 Å². The normalized spacial score (nSPS) is 31.5. The van der Waals surface area contributed by atoms with E-state index >= 15 is 0 Å². The monoisotopic (exact) mass is 290 g/mol. The molecule has 20 heavy (non-hydrogen) atoms. The van der Waals surface area contributed by atoms with Gasteiger partial charge in [0.2, 0.25) is 0 Å². The number of hydrogen-bond acceptors (Lipinski definition) is 4. The first-order valence-electron chi connectivity index (χ1n) is 6.49. The molecule has 1 N–H and O–H groups in total. The van der Waals surface area contributed by atoms with Crippen LogP contribution >= 0.6 is 0 Å². The van der Waals surface area contributed by atoms with E-state index in [4.69, 9.17) is 9.47 Å². The summed E-state index contributed by atoms with van der Waals surface area (Å²) in [6, 6.07) is 0. The first kappa shape index (κ1) is 15.2. The molecule has 1 amide bonds. The van der Waals surface area contributed by atoms with E-state index in [1.54, 1.807) is 26.8 Å². The number of nitrogens with one attached hydrogen (secondary N) is 1. The molecule has 0 saturated heterocycles. The van der Waals surface area contributed by atoms with Crippen molar-refractivity contribution in [2.45, 2.75) is 51.9 Å². The molecule has 0 aromatic heterocycles. The maximum Gasteiger partial charge on any atom is 0.429 e. The lowest BCUT2D eigenvalue weighted by atomic mass is 10.1. The number of nitrogens with zero attached hydrogens (tertiary/aromatic N) is 1. The summed E-state index contributed by atoms with van der Waals surface area (Å²) in [7, 11) is 0. The molecule has 1 aliphatic carbocycles. The highest BCUT2D eigenvalue weighted by Gasteiger charge is 2.68. The molecule has 0 aromatic carbocycles. The van der Waals surface area contributed by atoms with E-state index in [9.17, 15) is 13.6 Å². The Labute approximate surface area is 116 Å². The number of carbonyl (C=O) groups is 1. The topological polar surface area (TPSA) is 50.8 Å². The van der Waals surface area contributed by atoms with Crippen molar-refractivity contribution in [2.24, 2.45) is 5.41 Å².